The van der Waals surface area contributed by atoms with Crippen molar-refractivity contribution in [3.05, 3.63) is 17.0 Å². The van der Waals surface area contributed by atoms with Gasteiger partial charge in [0.2, 0.25) is 0 Å². The molecule has 0 spiro atoms. The molecule has 0 amide bonds. The van der Waals surface area contributed by atoms with Gasteiger partial charge in [-0.2, -0.15) is 0 Å². The minimum atomic E-state index is 0. The predicted octanol–water partition coefficient (Wildman–Crippen LogP) is 1.76. The lowest BCUT2D eigenvalue weighted by Gasteiger charge is -1.87. The van der Waals surface area contributed by atoms with Crippen molar-refractivity contribution in [1.82, 2.24) is 0 Å². The molecule has 0 aliphatic carbocycles. The van der Waals surface area contributed by atoms with E-state index in [-0.39, 0.29) is 12.4 Å². The Morgan fingerprint density at radius 3 is 2.44 bits per heavy atom. The summed E-state index contributed by atoms with van der Waals surface area (Å²) in [5, 5.41) is 1.02. The smallest absolute Gasteiger partial charge is 0.103 e. The molecule has 0 unspecified atom stereocenters. The summed E-state index contributed by atoms with van der Waals surface area (Å²) >= 11 is 1.65. The highest BCUT2D eigenvalue weighted by atomic mass is 35.5. The maximum Gasteiger partial charge on any atom is 0.103 e. The monoisotopic (exact) mass is 164 g/mol. The largest absolute Gasteiger partial charge is 0.315 e. The third kappa shape index (κ3) is 2.22. The Balaban J connectivity index is 0.000000640. The fraction of sp³-hybridized carbons (Fsp3) is 0.200. The fourth-order valence-electron chi connectivity index (χ4n) is 0.512. The highest BCUT2D eigenvalue weighted by molar-refractivity contribution is 7.15. The first-order valence-electron chi connectivity index (χ1n) is 2.36. The topological polar surface area (TPSA) is 38.0 Å². The van der Waals surface area contributed by atoms with Gasteiger partial charge in [-0.1, -0.05) is 0 Å². The van der Waals surface area contributed by atoms with Gasteiger partial charge in [0.15, 0.2) is 0 Å². The molecule has 0 aliphatic heterocycles. The van der Waals surface area contributed by atoms with E-state index in [1.165, 1.54) is 4.88 Å². The van der Waals surface area contributed by atoms with Crippen LogP contribution in [-0.2, 0) is 0 Å². The summed E-state index contributed by atoms with van der Waals surface area (Å²) < 4.78 is 0. The Hall–Kier alpha value is -0.250. The number of rotatable bonds is 1. The number of nitrogens with two attached hydrogens (primary N) is 1. The van der Waals surface area contributed by atoms with Crippen LogP contribution in [0.5, 0.6) is 0 Å². The van der Waals surface area contributed by atoms with E-state index in [2.05, 4.69) is 5.43 Å². The van der Waals surface area contributed by atoms with Crippen molar-refractivity contribution in [1.29, 1.82) is 0 Å². The van der Waals surface area contributed by atoms with Crippen molar-refractivity contribution < 1.29 is 0 Å². The number of anilines is 1. The molecule has 0 aliphatic rings. The average molecular weight is 165 g/mol. The van der Waals surface area contributed by atoms with Crippen molar-refractivity contribution >= 4 is 28.7 Å². The number of nitrogen functional groups attached to an aromatic ring is 1. The first-order valence-corrected chi connectivity index (χ1v) is 3.17. The van der Waals surface area contributed by atoms with Crippen molar-refractivity contribution in [3.8, 4) is 0 Å². The summed E-state index contributed by atoms with van der Waals surface area (Å²) in [6, 6.07) is 3.99. The molecular formula is C5H9ClN2S. The van der Waals surface area contributed by atoms with E-state index in [1.54, 1.807) is 11.3 Å². The van der Waals surface area contributed by atoms with Crippen molar-refractivity contribution in [3.63, 3.8) is 0 Å². The van der Waals surface area contributed by atoms with Crippen LogP contribution in [0.3, 0.4) is 0 Å². The minimum absolute atomic E-state index is 0. The summed E-state index contributed by atoms with van der Waals surface area (Å²) in [4.78, 5) is 1.28. The van der Waals surface area contributed by atoms with Crippen molar-refractivity contribution in [2.75, 3.05) is 5.43 Å². The van der Waals surface area contributed by atoms with Crippen LogP contribution in [0.4, 0.5) is 5.00 Å². The molecule has 0 bridgehead atoms. The molecule has 0 aromatic carbocycles. The van der Waals surface area contributed by atoms with Gasteiger partial charge in [0, 0.05) is 4.88 Å². The normalized spacial score (nSPS) is 8.22. The predicted molar refractivity (Wildman–Crippen MR) is 44.1 cm³/mol. The van der Waals surface area contributed by atoms with E-state index in [4.69, 9.17) is 5.84 Å². The van der Waals surface area contributed by atoms with Gasteiger partial charge in [-0.3, -0.25) is 0 Å². The lowest BCUT2D eigenvalue weighted by Crippen LogP contribution is -2.03. The van der Waals surface area contributed by atoms with Crippen molar-refractivity contribution in [2.24, 2.45) is 5.84 Å². The van der Waals surface area contributed by atoms with E-state index in [9.17, 15) is 0 Å². The maximum absolute atomic E-state index is 5.12. The van der Waals surface area contributed by atoms with Crippen LogP contribution in [0.15, 0.2) is 12.1 Å². The Kier molecular flexibility index (Phi) is 3.61. The summed E-state index contributed by atoms with van der Waals surface area (Å²) in [7, 11) is 0. The molecule has 4 heteroatoms. The Morgan fingerprint density at radius 1 is 1.56 bits per heavy atom. The van der Waals surface area contributed by atoms with Crippen LogP contribution in [0.2, 0.25) is 0 Å². The molecule has 52 valence electrons. The van der Waals surface area contributed by atoms with Gasteiger partial charge in [-0.05, 0) is 19.1 Å². The van der Waals surface area contributed by atoms with Gasteiger partial charge in [-0.25, -0.2) is 5.84 Å². The van der Waals surface area contributed by atoms with E-state index >= 15 is 0 Å². The van der Waals surface area contributed by atoms with Gasteiger partial charge >= 0.3 is 0 Å². The zero-order chi connectivity index (χ0) is 5.98. The minimum Gasteiger partial charge on any atom is -0.315 e. The van der Waals surface area contributed by atoms with E-state index in [0.29, 0.717) is 0 Å². The van der Waals surface area contributed by atoms with E-state index in [0.717, 1.165) is 5.00 Å². The van der Waals surface area contributed by atoms with Gasteiger partial charge in [0.25, 0.3) is 0 Å². The van der Waals surface area contributed by atoms with Gasteiger partial charge < -0.3 is 5.43 Å². The van der Waals surface area contributed by atoms with Crippen LogP contribution in [0.1, 0.15) is 4.88 Å². The number of halogens is 1. The molecule has 0 radical (unpaired) electrons. The number of nitrogens with one attached hydrogen (secondary N) is 1. The number of hydrogen-bond acceptors (Lipinski definition) is 3. The molecule has 1 aromatic rings. The Morgan fingerprint density at radius 2 is 2.22 bits per heavy atom. The SMILES string of the molecule is Cc1ccc(NN)s1.Cl. The average Bonchev–Trinajstić information content (AvgIpc) is 2.14. The lowest BCUT2D eigenvalue weighted by atomic mass is 10.5. The summed E-state index contributed by atoms with van der Waals surface area (Å²) in [5.74, 6) is 5.12. The highest BCUT2D eigenvalue weighted by Crippen LogP contribution is 2.18. The molecule has 0 saturated heterocycles. The standard InChI is InChI=1S/C5H8N2S.ClH/c1-4-2-3-5(7-6)8-4;/h2-3,7H,6H2,1H3;1H. The third-order valence-electron chi connectivity index (χ3n) is 0.883. The lowest BCUT2D eigenvalue weighted by molar-refractivity contribution is 1.39. The highest BCUT2D eigenvalue weighted by Gasteiger charge is 1.89. The molecule has 3 N–H and O–H groups in total. The second kappa shape index (κ2) is 3.71. The fourth-order valence-corrected chi connectivity index (χ4v) is 1.19. The maximum atomic E-state index is 5.12. The molecular weight excluding hydrogens is 156 g/mol. The van der Waals surface area contributed by atoms with Gasteiger partial charge in [0.05, 0.1) is 0 Å². The third-order valence-corrected chi connectivity index (χ3v) is 1.81. The number of thiophene rings is 1. The summed E-state index contributed by atoms with van der Waals surface area (Å²) in [6.45, 7) is 2.05. The molecule has 1 aromatic heterocycles. The first-order chi connectivity index (χ1) is 3.83. The van der Waals surface area contributed by atoms with Gasteiger partial charge in [-0.15, -0.1) is 23.7 Å². The van der Waals surface area contributed by atoms with Crippen molar-refractivity contribution in [2.45, 2.75) is 6.92 Å². The van der Waals surface area contributed by atoms with Gasteiger partial charge in [0.1, 0.15) is 5.00 Å². The number of hydrazine groups is 1. The summed E-state index contributed by atoms with van der Waals surface area (Å²) in [5.41, 5.74) is 2.57. The Labute approximate surface area is 64.4 Å². The van der Waals surface area contributed by atoms with E-state index in [1.807, 2.05) is 19.1 Å². The second-order valence-corrected chi connectivity index (χ2v) is 2.84. The van der Waals surface area contributed by atoms with Crippen LogP contribution in [-0.4, -0.2) is 0 Å². The Bertz CT molecular complexity index is 175. The second-order valence-electron chi connectivity index (χ2n) is 1.55. The molecule has 1 heterocycles. The van der Waals surface area contributed by atoms with Crippen LogP contribution in [0.25, 0.3) is 0 Å². The zero-order valence-corrected chi connectivity index (χ0v) is 6.68. The molecule has 0 fully saturated rings. The quantitative estimate of drug-likeness (QED) is 0.491. The van der Waals surface area contributed by atoms with Crippen LogP contribution < -0.4 is 11.3 Å². The summed E-state index contributed by atoms with van der Waals surface area (Å²) in [6.07, 6.45) is 0. The first kappa shape index (κ1) is 8.75. The number of aryl methyl sites for hydroxylation is 1. The molecule has 0 atom stereocenters. The van der Waals surface area contributed by atoms with E-state index < -0.39 is 0 Å². The molecule has 2 nitrogen and oxygen atoms in total. The zero-order valence-electron chi connectivity index (χ0n) is 5.05. The number of hydrogen-bond donors (Lipinski definition) is 2. The van der Waals surface area contributed by atoms with Crippen LogP contribution >= 0.6 is 23.7 Å². The molecule has 1 rings (SSSR count). The molecule has 9 heavy (non-hydrogen) atoms. The van der Waals surface area contributed by atoms with Crippen LogP contribution in [0, 0.1) is 6.92 Å². The molecule has 0 saturated carbocycles.